The molecule has 2 aromatic rings. The number of aliphatic hydroxyl groups is 1. The van der Waals surface area contributed by atoms with Crippen LogP contribution in [0.5, 0.6) is 0 Å². The Hall–Kier alpha value is -1.85. The van der Waals surface area contributed by atoms with E-state index < -0.39 is 5.60 Å². The first-order valence-corrected chi connectivity index (χ1v) is 6.78. The second-order valence-electron chi connectivity index (χ2n) is 5.30. The lowest BCUT2D eigenvalue weighted by Crippen LogP contribution is -2.47. The molecule has 1 aromatic carbocycles. The number of aromatic nitrogens is 1. The third-order valence-electron chi connectivity index (χ3n) is 4.05. The van der Waals surface area contributed by atoms with E-state index in [2.05, 4.69) is 10.3 Å². The lowest BCUT2D eigenvalue weighted by Gasteiger charge is -2.26. The molecule has 20 heavy (non-hydrogen) atoms. The van der Waals surface area contributed by atoms with Gasteiger partial charge in [-0.2, -0.15) is 0 Å². The summed E-state index contributed by atoms with van der Waals surface area (Å²) in [5.74, 6) is -0.185. The van der Waals surface area contributed by atoms with Gasteiger partial charge in [0.15, 0.2) is 0 Å². The van der Waals surface area contributed by atoms with Gasteiger partial charge in [0.2, 0.25) is 0 Å². The van der Waals surface area contributed by atoms with Crippen LogP contribution >= 0.6 is 0 Å². The fourth-order valence-corrected chi connectivity index (χ4v) is 2.59. The van der Waals surface area contributed by atoms with Crippen molar-refractivity contribution in [3.05, 3.63) is 36.0 Å². The topological polar surface area (TPSA) is 74.3 Å². The first-order chi connectivity index (χ1) is 9.60. The highest BCUT2D eigenvalue weighted by molar-refractivity contribution is 6.06. The number of amides is 1. The number of rotatable bonds is 3. The van der Waals surface area contributed by atoms with Crippen molar-refractivity contribution >= 4 is 16.8 Å². The Labute approximate surface area is 116 Å². The Morgan fingerprint density at radius 3 is 3.10 bits per heavy atom. The molecule has 0 saturated carbocycles. The zero-order valence-electron chi connectivity index (χ0n) is 11.3. The molecule has 2 heterocycles. The molecule has 5 heteroatoms. The third kappa shape index (κ3) is 2.19. The van der Waals surface area contributed by atoms with E-state index in [9.17, 15) is 9.90 Å². The van der Waals surface area contributed by atoms with Crippen molar-refractivity contribution in [1.29, 1.82) is 0 Å². The zero-order valence-corrected chi connectivity index (χ0v) is 11.3. The van der Waals surface area contributed by atoms with Crippen LogP contribution in [0.2, 0.25) is 0 Å². The Bertz CT molecular complexity index is 637. The molecule has 0 bridgehead atoms. The van der Waals surface area contributed by atoms with Gasteiger partial charge < -0.3 is 20.1 Å². The van der Waals surface area contributed by atoms with Crippen LogP contribution in [0, 0.1) is 0 Å². The lowest BCUT2D eigenvalue weighted by atomic mass is 9.96. The normalized spacial score (nSPS) is 26.0. The van der Waals surface area contributed by atoms with Crippen molar-refractivity contribution in [3.63, 3.8) is 0 Å². The van der Waals surface area contributed by atoms with E-state index in [4.69, 9.17) is 4.74 Å². The second kappa shape index (κ2) is 4.92. The number of ether oxygens (including phenoxy) is 1. The molecule has 1 saturated heterocycles. The average molecular weight is 274 g/mol. The summed E-state index contributed by atoms with van der Waals surface area (Å²) in [4.78, 5) is 15.3. The van der Waals surface area contributed by atoms with Gasteiger partial charge in [0.1, 0.15) is 5.60 Å². The maximum atomic E-state index is 12.2. The summed E-state index contributed by atoms with van der Waals surface area (Å²) >= 11 is 0. The van der Waals surface area contributed by atoms with E-state index in [1.165, 1.54) is 0 Å². The van der Waals surface area contributed by atoms with Gasteiger partial charge in [-0.25, -0.2) is 0 Å². The first-order valence-electron chi connectivity index (χ1n) is 6.78. The molecule has 1 aromatic heterocycles. The van der Waals surface area contributed by atoms with Gasteiger partial charge in [0, 0.05) is 36.7 Å². The lowest BCUT2D eigenvalue weighted by molar-refractivity contribution is -0.0251. The second-order valence-corrected chi connectivity index (χ2v) is 5.30. The minimum Gasteiger partial charge on any atom is -0.385 e. The van der Waals surface area contributed by atoms with E-state index in [0.717, 1.165) is 10.9 Å². The number of carbonyl (C=O) groups excluding carboxylic acids is 1. The van der Waals surface area contributed by atoms with Crippen molar-refractivity contribution in [2.24, 2.45) is 0 Å². The van der Waals surface area contributed by atoms with Gasteiger partial charge in [-0.1, -0.05) is 18.2 Å². The van der Waals surface area contributed by atoms with Crippen LogP contribution in [-0.4, -0.2) is 40.9 Å². The summed E-state index contributed by atoms with van der Waals surface area (Å²) in [6, 6.07) is 7.64. The number of aromatic amines is 1. The maximum absolute atomic E-state index is 12.2. The molecular formula is C15H18N2O3. The van der Waals surface area contributed by atoms with Crippen molar-refractivity contribution < 1.29 is 14.6 Å². The van der Waals surface area contributed by atoms with Gasteiger partial charge >= 0.3 is 0 Å². The summed E-state index contributed by atoms with van der Waals surface area (Å²) in [6.45, 7) is 2.55. The molecule has 0 aliphatic carbocycles. The molecule has 0 radical (unpaired) electrons. The highest BCUT2D eigenvalue weighted by atomic mass is 16.5. The van der Waals surface area contributed by atoms with Gasteiger partial charge in [0.25, 0.3) is 5.91 Å². The van der Waals surface area contributed by atoms with E-state index in [1.54, 1.807) is 6.20 Å². The predicted molar refractivity (Wildman–Crippen MR) is 75.6 cm³/mol. The van der Waals surface area contributed by atoms with E-state index in [1.807, 2.05) is 31.2 Å². The summed E-state index contributed by atoms with van der Waals surface area (Å²) in [5.41, 5.74) is 0.548. The number of H-pyrrole nitrogens is 1. The van der Waals surface area contributed by atoms with Gasteiger partial charge in [-0.05, 0) is 13.0 Å². The highest BCUT2D eigenvalue weighted by Gasteiger charge is 2.39. The van der Waals surface area contributed by atoms with Crippen molar-refractivity contribution in [2.75, 3.05) is 13.2 Å². The summed E-state index contributed by atoms with van der Waals surface area (Å²) in [7, 11) is 0. The quantitative estimate of drug-likeness (QED) is 0.793. The van der Waals surface area contributed by atoms with Crippen LogP contribution < -0.4 is 5.32 Å². The van der Waals surface area contributed by atoms with E-state index in [-0.39, 0.29) is 18.6 Å². The fourth-order valence-electron chi connectivity index (χ4n) is 2.59. The van der Waals surface area contributed by atoms with Gasteiger partial charge in [0.05, 0.1) is 11.7 Å². The minimum atomic E-state index is -0.970. The number of hydrogen-bond donors (Lipinski definition) is 3. The van der Waals surface area contributed by atoms with Gasteiger partial charge in [-0.3, -0.25) is 4.79 Å². The molecule has 1 aliphatic rings. The van der Waals surface area contributed by atoms with Crippen molar-refractivity contribution in [2.45, 2.75) is 25.0 Å². The van der Waals surface area contributed by atoms with Crippen molar-refractivity contribution in [3.8, 4) is 0 Å². The van der Waals surface area contributed by atoms with Crippen LogP contribution in [0.3, 0.4) is 0 Å². The van der Waals surface area contributed by atoms with Crippen LogP contribution in [0.15, 0.2) is 30.5 Å². The SMILES string of the molecule is CC1OCCC1(O)CNC(=O)c1c[nH]c2ccccc12. The fraction of sp³-hybridized carbons (Fsp3) is 0.400. The number of nitrogens with one attached hydrogen (secondary N) is 2. The number of hydrogen-bond acceptors (Lipinski definition) is 3. The van der Waals surface area contributed by atoms with Crippen LogP contribution in [-0.2, 0) is 4.74 Å². The molecule has 0 spiro atoms. The molecular weight excluding hydrogens is 256 g/mol. The molecule has 3 N–H and O–H groups in total. The van der Waals surface area contributed by atoms with Gasteiger partial charge in [-0.15, -0.1) is 0 Å². The molecule has 106 valence electrons. The van der Waals surface area contributed by atoms with Crippen molar-refractivity contribution in [1.82, 2.24) is 10.3 Å². The molecule has 3 rings (SSSR count). The summed E-state index contributed by atoms with van der Waals surface area (Å²) < 4.78 is 5.35. The molecule has 5 nitrogen and oxygen atoms in total. The number of fused-ring (bicyclic) bond motifs is 1. The Balaban J connectivity index is 1.74. The molecule has 1 amide bonds. The number of para-hydroxylation sites is 1. The largest absolute Gasteiger partial charge is 0.385 e. The molecule has 1 fully saturated rings. The predicted octanol–water partition coefficient (Wildman–Crippen LogP) is 1.44. The average Bonchev–Trinajstić information content (AvgIpc) is 3.01. The summed E-state index contributed by atoms with van der Waals surface area (Å²) in [6.07, 6.45) is 1.98. The van der Waals surface area contributed by atoms with Crippen LogP contribution in [0.1, 0.15) is 23.7 Å². The minimum absolute atomic E-state index is 0.185. The third-order valence-corrected chi connectivity index (χ3v) is 4.05. The van der Waals surface area contributed by atoms with Crippen LogP contribution in [0.4, 0.5) is 0 Å². The summed E-state index contributed by atoms with van der Waals surface area (Å²) in [5, 5.41) is 14.1. The van der Waals surface area contributed by atoms with E-state index in [0.29, 0.717) is 18.6 Å². The first kappa shape index (κ1) is 13.1. The number of benzene rings is 1. The Kier molecular flexibility index (Phi) is 3.23. The smallest absolute Gasteiger partial charge is 0.253 e. The monoisotopic (exact) mass is 274 g/mol. The maximum Gasteiger partial charge on any atom is 0.253 e. The highest BCUT2D eigenvalue weighted by Crippen LogP contribution is 2.25. The molecule has 2 atom stereocenters. The Morgan fingerprint density at radius 1 is 1.55 bits per heavy atom. The Morgan fingerprint density at radius 2 is 2.35 bits per heavy atom. The van der Waals surface area contributed by atoms with Crippen LogP contribution in [0.25, 0.3) is 10.9 Å². The number of carbonyl (C=O) groups is 1. The van der Waals surface area contributed by atoms with E-state index >= 15 is 0 Å². The molecule has 1 aliphatic heterocycles. The zero-order chi connectivity index (χ0) is 14.2. The molecule has 2 unspecified atom stereocenters. The standard InChI is InChI=1S/C15H18N2O3/c1-10-15(19,6-7-20-10)9-17-14(18)12-8-16-13-5-3-2-4-11(12)13/h2-5,8,10,16,19H,6-7,9H2,1H3,(H,17,18).